The zero-order valence-electron chi connectivity index (χ0n) is 14.4. The Morgan fingerprint density at radius 2 is 2.12 bits per heavy atom. The predicted molar refractivity (Wildman–Crippen MR) is 90.7 cm³/mol. The molecule has 130 valence electrons. The standard InChI is InChI=1S/C19H25F2N3/c1-13(2)8-16-10-22-23-19(16)15-4-3-7-24(12-15)11-14-5-6-17(20)18(21)9-14/h5-6,9-10,13,15H,3-4,7-8,11-12H2,1-2H3,(H,22,23). The Labute approximate surface area is 142 Å². The number of H-pyrrole nitrogens is 1. The molecule has 24 heavy (non-hydrogen) atoms. The lowest BCUT2D eigenvalue weighted by molar-refractivity contribution is 0.197. The van der Waals surface area contributed by atoms with Gasteiger partial charge >= 0.3 is 0 Å². The van der Waals surface area contributed by atoms with Gasteiger partial charge in [-0.3, -0.25) is 10.00 Å². The summed E-state index contributed by atoms with van der Waals surface area (Å²) in [7, 11) is 0. The number of aromatic nitrogens is 2. The number of nitrogens with one attached hydrogen (secondary N) is 1. The zero-order valence-corrected chi connectivity index (χ0v) is 14.4. The number of hydrogen-bond acceptors (Lipinski definition) is 2. The molecule has 1 aliphatic heterocycles. The van der Waals surface area contributed by atoms with Gasteiger partial charge in [-0.1, -0.05) is 19.9 Å². The van der Waals surface area contributed by atoms with Crippen LogP contribution >= 0.6 is 0 Å². The molecule has 1 saturated heterocycles. The number of halogens is 2. The number of likely N-dealkylation sites (tertiary alicyclic amines) is 1. The summed E-state index contributed by atoms with van der Waals surface area (Å²) in [5, 5.41) is 7.44. The van der Waals surface area contributed by atoms with E-state index in [2.05, 4.69) is 28.9 Å². The molecule has 0 amide bonds. The molecule has 0 aliphatic carbocycles. The molecule has 0 bridgehead atoms. The van der Waals surface area contributed by atoms with E-state index in [0.717, 1.165) is 37.9 Å². The van der Waals surface area contributed by atoms with Crippen molar-refractivity contribution in [1.29, 1.82) is 0 Å². The molecule has 1 fully saturated rings. The Morgan fingerprint density at radius 3 is 2.88 bits per heavy atom. The van der Waals surface area contributed by atoms with Crippen molar-refractivity contribution < 1.29 is 8.78 Å². The lowest BCUT2D eigenvalue weighted by Gasteiger charge is -2.32. The Balaban J connectivity index is 1.68. The molecule has 1 aromatic carbocycles. The minimum absolute atomic E-state index is 0.431. The third-order valence-corrected chi connectivity index (χ3v) is 4.68. The lowest BCUT2D eigenvalue weighted by atomic mass is 9.90. The van der Waals surface area contributed by atoms with E-state index >= 15 is 0 Å². The van der Waals surface area contributed by atoms with Gasteiger partial charge in [0.25, 0.3) is 0 Å². The van der Waals surface area contributed by atoms with Gasteiger partial charge in [-0.15, -0.1) is 0 Å². The second-order valence-electron chi connectivity index (χ2n) is 7.23. The molecule has 3 rings (SSSR count). The van der Waals surface area contributed by atoms with Crippen LogP contribution < -0.4 is 0 Å². The van der Waals surface area contributed by atoms with Crippen molar-refractivity contribution in [1.82, 2.24) is 15.1 Å². The molecule has 1 N–H and O–H groups in total. The van der Waals surface area contributed by atoms with Gasteiger partial charge in [-0.05, 0) is 55.0 Å². The molecule has 2 heterocycles. The van der Waals surface area contributed by atoms with Gasteiger partial charge in [0.05, 0.1) is 6.20 Å². The van der Waals surface area contributed by atoms with E-state index in [9.17, 15) is 8.78 Å². The van der Waals surface area contributed by atoms with E-state index in [1.807, 2.05) is 6.20 Å². The maximum absolute atomic E-state index is 13.4. The van der Waals surface area contributed by atoms with Crippen LogP contribution in [0.3, 0.4) is 0 Å². The molecule has 5 heteroatoms. The highest BCUT2D eigenvalue weighted by molar-refractivity contribution is 5.23. The Morgan fingerprint density at radius 1 is 1.29 bits per heavy atom. The Bertz CT molecular complexity index is 681. The third kappa shape index (κ3) is 4.01. The number of aromatic amines is 1. The van der Waals surface area contributed by atoms with E-state index < -0.39 is 11.6 Å². The summed E-state index contributed by atoms with van der Waals surface area (Å²) in [4.78, 5) is 2.32. The average molecular weight is 333 g/mol. The summed E-state index contributed by atoms with van der Waals surface area (Å²) in [6.07, 6.45) is 5.23. The molecular weight excluding hydrogens is 308 g/mol. The lowest BCUT2D eigenvalue weighted by Crippen LogP contribution is -2.34. The highest BCUT2D eigenvalue weighted by atomic mass is 19.2. The third-order valence-electron chi connectivity index (χ3n) is 4.68. The maximum atomic E-state index is 13.4. The van der Waals surface area contributed by atoms with Gasteiger partial charge in [0.2, 0.25) is 0 Å². The van der Waals surface area contributed by atoms with Gasteiger partial charge in [0, 0.05) is 24.7 Å². The summed E-state index contributed by atoms with van der Waals surface area (Å²) in [6.45, 7) is 7.00. The number of piperidine rings is 1. The van der Waals surface area contributed by atoms with Crippen LogP contribution in [0.4, 0.5) is 8.78 Å². The second-order valence-corrected chi connectivity index (χ2v) is 7.23. The molecule has 1 atom stereocenters. The molecule has 0 radical (unpaired) electrons. The number of hydrogen-bond donors (Lipinski definition) is 1. The second kappa shape index (κ2) is 7.43. The minimum atomic E-state index is -0.786. The fourth-order valence-corrected chi connectivity index (χ4v) is 3.61. The highest BCUT2D eigenvalue weighted by Crippen LogP contribution is 2.29. The number of nitrogens with zero attached hydrogens (tertiary/aromatic N) is 2. The van der Waals surface area contributed by atoms with Crippen LogP contribution in [-0.4, -0.2) is 28.2 Å². The summed E-state index contributed by atoms with van der Waals surface area (Å²) in [5.41, 5.74) is 3.38. The van der Waals surface area contributed by atoms with Gasteiger partial charge in [0.15, 0.2) is 11.6 Å². The van der Waals surface area contributed by atoms with Crippen LogP contribution in [0.2, 0.25) is 0 Å². The smallest absolute Gasteiger partial charge is 0.159 e. The molecular formula is C19H25F2N3. The molecule has 0 spiro atoms. The molecule has 1 aliphatic rings. The predicted octanol–water partition coefficient (Wildman–Crippen LogP) is 4.27. The van der Waals surface area contributed by atoms with E-state index in [1.165, 1.54) is 23.4 Å². The summed E-state index contributed by atoms with van der Waals surface area (Å²) >= 11 is 0. The minimum Gasteiger partial charge on any atom is -0.298 e. The number of benzene rings is 1. The van der Waals surface area contributed by atoms with Crippen LogP contribution in [0, 0.1) is 17.6 Å². The van der Waals surface area contributed by atoms with E-state index in [-0.39, 0.29) is 0 Å². The van der Waals surface area contributed by atoms with Crippen molar-refractivity contribution in [2.45, 2.75) is 45.6 Å². The van der Waals surface area contributed by atoms with Gasteiger partial charge in [0.1, 0.15) is 0 Å². The average Bonchev–Trinajstić information content (AvgIpc) is 2.98. The zero-order chi connectivity index (χ0) is 17.1. The fraction of sp³-hybridized carbons (Fsp3) is 0.526. The quantitative estimate of drug-likeness (QED) is 0.886. The molecule has 1 aromatic heterocycles. The first-order valence-electron chi connectivity index (χ1n) is 8.71. The molecule has 0 saturated carbocycles. The maximum Gasteiger partial charge on any atom is 0.159 e. The van der Waals surface area contributed by atoms with Crippen LogP contribution in [0.5, 0.6) is 0 Å². The monoisotopic (exact) mass is 333 g/mol. The van der Waals surface area contributed by atoms with Gasteiger partial charge in [-0.25, -0.2) is 8.78 Å². The van der Waals surface area contributed by atoms with Crippen molar-refractivity contribution >= 4 is 0 Å². The van der Waals surface area contributed by atoms with Crippen molar-refractivity contribution in [3.8, 4) is 0 Å². The van der Waals surface area contributed by atoms with Crippen molar-refractivity contribution in [3.05, 3.63) is 52.9 Å². The summed E-state index contributed by atoms with van der Waals surface area (Å²) in [5.74, 6) is -0.525. The van der Waals surface area contributed by atoms with Gasteiger partial charge in [-0.2, -0.15) is 5.10 Å². The first-order chi connectivity index (χ1) is 11.5. The van der Waals surface area contributed by atoms with E-state index in [1.54, 1.807) is 6.07 Å². The highest BCUT2D eigenvalue weighted by Gasteiger charge is 2.25. The Kier molecular flexibility index (Phi) is 5.29. The summed E-state index contributed by atoms with van der Waals surface area (Å²) in [6, 6.07) is 4.18. The van der Waals surface area contributed by atoms with Crippen LogP contribution in [0.15, 0.2) is 24.4 Å². The Hall–Kier alpha value is -1.75. The van der Waals surface area contributed by atoms with Gasteiger partial charge < -0.3 is 0 Å². The van der Waals surface area contributed by atoms with Crippen molar-refractivity contribution in [3.63, 3.8) is 0 Å². The van der Waals surface area contributed by atoms with Crippen molar-refractivity contribution in [2.75, 3.05) is 13.1 Å². The van der Waals surface area contributed by atoms with Crippen LogP contribution in [-0.2, 0) is 13.0 Å². The first-order valence-corrected chi connectivity index (χ1v) is 8.71. The molecule has 3 nitrogen and oxygen atoms in total. The first kappa shape index (κ1) is 17.1. The van der Waals surface area contributed by atoms with Crippen molar-refractivity contribution in [2.24, 2.45) is 5.92 Å². The SMILES string of the molecule is CC(C)Cc1cn[nH]c1C1CCCN(Cc2ccc(F)c(F)c2)C1. The largest absolute Gasteiger partial charge is 0.298 e. The van der Waals surface area contributed by atoms with Crippen LogP contribution in [0.25, 0.3) is 0 Å². The molecule has 1 unspecified atom stereocenters. The number of rotatable bonds is 5. The fourth-order valence-electron chi connectivity index (χ4n) is 3.61. The topological polar surface area (TPSA) is 31.9 Å². The van der Waals surface area contributed by atoms with Crippen LogP contribution in [0.1, 0.15) is 49.4 Å². The van der Waals surface area contributed by atoms with E-state index in [0.29, 0.717) is 18.4 Å². The summed E-state index contributed by atoms with van der Waals surface area (Å²) < 4.78 is 26.5. The molecule has 2 aromatic rings. The van der Waals surface area contributed by atoms with E-state index in [4.69, 9.17) is 0 Å². The normalized spacial score (nSPS) is 19.1.